The molecule has 8 heteroatoms. The van der Waals surface area contributed by atoms with E-state index >= 15 is 0 Å². The molecule has 3 aromatic carbocycles. The second-order valence-electron chi connectivity index (χ2n) is 7.16. The minimum atomic E-state index is -0.357. The van der Waals surface area contributed by atoms with Crippen LogP contribution in [0.2, 0.25) is 0 Å². The molecule has 5 aromatic rings. The van der Waals surface area contributed by atoms with Crippen LogP contribution in [0.25, 0.3) is 16.6 Å². The second-order valence-corrected chi connectivity index (χ2v) is 7.16. The standard InChI is InChI=1S/C25H18N6O2/c32-22(18-9-3-1-4-10-18)27-24-29-25(28-23(33)19-11-5-2-6-12-19)31(30-24)20-15-7-13-17-14-8-16-26-21(17)20/h1-16H,(H2,27,28,29,30,32,33). The molecule has 0 bridgehead atoms. The summed E-state index contributed by atoms with van der Waals surface area (Å²) in [6.07, 6.45) is 1.68. The maximum absolute atomic E-state index is 12.8. The van der Waals surface area contributed by atoms with Crippen molar-refractivity contribution in [1.82, 2.24) is 19.7 Å². The van der Waals surface area contributed by atoms with Gasteiger partial charge in [0.2, 0.25) is 5.95 Å². The molecule has 2 N–H and O–H groups in total. The van der Waals surface area contributed by atoms with Crippen molar-refractivity contribution in [3.8, 4) is 5.69 Å². The number of nitrogens with zero attached hydrogens (tertiary/aromatic N) is 4. The molecule has 2 amide bonds. The molecule has 0 aliphatic heterocycles. The number of amides is 2. The van der Waals surface area contributed by atoms with Crippen LogP contribution in [0.4, 0.5) is 11.9 Å². The Labute approximate surface area is 188 Å². The average molecular weight is 434 g/mol. The van der Waals surface area contributed by atoms with Crippen LogP contribution in [0.5, 0.6) is 0 Å². The molecule has 0 unspecified atom stereocenters. The molecule has 0 spiro atoms. The fraction of sp³-hybridized carbons (Fsp3) is 0. The summed E-state index contributed by atoms with van der Waals surface area (Å²) in [5.41, 5.74) is 2.23. The Morgan fingerprint density at radius 3 is 2.03 bits per heavy atom. The molecule has 8 nitrogen and oxygen atoms in total. The first-order valence-corrected chi connectivity index (χ1v) is 10.2. The zero-order valence-electron chi connectivity index (χ0n) is 17.3. The summed E-state index contributed by atoms with van der Waals surface area (Å²) in [5.74, 6) is -0.492. The lowest BCUT2D eigenvalue weighted by molar-refractivity contribution is 0.101. The Kier molecular flexibility index (Phi) is 5.30. The number of pyridine rings is 1. The van der Waals surface area contributed by atoms with Gasteiger partial charge in [-0.05, 0) is 36.4 Å². The highest BCUT2D eigenvalue weighted by Gasteiger charge is 2.19. The Bertz CT molecular complexity index is 1440. The number of benzene rings is 3. The maximum Gasteiger partial charge on any atom is 0.258 e. The SMILES string of the molecule is O=C(Nc1nc(NC(=O)c2ccccc2)n(-c2cccc3cccnc23)n1)c1ccccc1. The average Bonchev–Trinajstić information content (AvgIpc) is 3.26. The topological polar surface area (TPSA) is 102 Å². The minimum absolute atomic E-state index is 0.0557. The van der Waals surface area contributed by atoms with Gasteiger partial charge in [-0.25, -0.2) is 0 Å². The Morgan fingerprint density at radius 2 is 1.33 bits per heavy atom. The van der Waals surface area contributed by atoms with Crippen LogP contribution in [0.3, 0.4) is 0 Å². The van der Waals surface area contributed by atoms with Crippen molar-refractivity contribution in [2.45, 2.75) is 0 Å². The molecule has 0 fully saturated rings. The van der Waals surface area contributed by atoms with Crippen LogP contribution in [0.15, 0.2) is 97.2 Å². The maximum atomic E-state index is 12.8. The summed E-state index contributed by atoms with van der Waals surface area (Å²) in [6, 6.07) is 27.0. The lowest BCUT2D eigenvalue weighted by atomic mass is 10.2. The fourth-order valence-corrected chi connectivity index (χ4v) is 3.40. The number of para-hydroxylation sites is 1. The van der Waals surface area contributed by atoms with Crippen molar-refractivity contribution in [2.75, 3.05) is 10.6 Å². The zero-order chi connectivity index (χ0) is 22.6. The molecule has 160 valence electrons. The van der Waals surface area contributed by atoms with E-state index in [1.807, 2.05) is 42.5 Å². The van der Waals surface area contributed by atoms with Gasteiger partial charge < -0.3 is 0 Å². The van der Waals surface area contributed by atoms with Crippen LogP contribution < -0.4 is 10.6 Å². The lowest BCUT2D eigenvalue weighted by Crippen LogP contribution is -2.16. The lowest BCUT2D eigenvalue weighted by Gasteiger charge is -2.09. The smallest absolute Gasteiger partial charge is 0.258 e. The summed E-state index contributed by atoms with van der Waals surface area (Å²) in [6.45, 7) is 0. The molecular formula is C25H18N6O2. The Balaban J connectivity index is 1.56. The monoisotopic (exact) mass is 434 g/mol. The number of hydrogen-bond donors (Lipinski definition) is 2. The Hall–Kier alpha value is -4.85. The number of rotatable bonds is 5. The zero-order valence-corrected chi connectivity index (χ0v) is 17.3. The number of carbonyl (C=O) groups excluding carboxylic acids is 2. The highest BCUT2D eigenvalue weighted by molar-refractivity contribution is 6.05. The highest BCUT2D eigenvalue weighted by atomic mass is 16.2. The summed E-state index contributed by atoms with van der Waals surface area (Å²) in [4.78, 5) is 34.3. The van der Waals surface area contributed by atoms with Crippen molar-refractivity contribution in [3.63, 3.8) is 0 Å². The van der Waals surface area contributed by atoms with Crippen LogP contribution >= 0.6 is 0 Å². The fourth-order valence-electron chi connectivity index (χ4n) is 3.40. The second kappa shape index (κ2) is 8.72. The van der Waals surface area contributed by atoms with E-state index in [0.29, 0.717) is 22.3 Å². The van der Waals surface area contributed by atoms with E-state index in [1.54, 1.807) is 54.7 Å². The first-order chi connectivity index (χ1) is 16.2. The first-order valence-electron chi connectivity index (χ1n) is 10.2. The number of aromatic nitrogens is 4. The number of anilines is 2. The van der Waals surface area contributed by atoms with Crippen LogP contribution in [-0.4, -0.2) is 31.6 Å². The number of fused-ring (bicyclic) bond motifs is 1. The summed E-state index contributed by atoms with van der Waals surface area (Å²) < 4.78 is 1.47. The third-order valence-corrected chi connectivity index (χ3v) is 4.97. The number of carbonyl (C=O) groups is 2. The molecule has 0 aliphatic rings. The number of hydrogen-bond acceptors (Lipinski definition) is 5. The quantitative estimate of drug-likeness (QED) is 0.429. The minimum Gasteiger partial charge on any atom is -0.290 e. The summed E-state index contributed by atoms with van der Waals surface area (Å²) in [7, 11) is 0. The van der Waals surface area contributed by atoms with E-state index in [4.69, 9.17) is 0 Å². The van der Waals surface area contributed by atoms with Crippen molar-refractivity contribution in [1.29, 1.82) is 0 Å². The van der Waals surface area contributed by atoms with Gasteiger partial charge in [-0.2, -0.15) is 9.67 Å². The normalized spacial score (nSPS) is 10.7. The van der Waals surface area contributed by atoms with Gasteiger partial charge in [0.1, 0.15) is 0 Å². The van der Waals surface area contributed by atoms with Crippen molar-refractivity contribution >= 4 is 34.6 Å². The molecule has 0 aliphatic carbocycles. The summed E-state index contributed by atoms with van der Waals surface area (Å²) >= 11 is 0. The molecule has 0 atom stereocenters. The van der Waals surface area contributed by atoms with E-state index < -0.39 is 0 Å². The third kappa shape index (κ3) is 4.17. The van der Waals surface area contributed by atoms with Crippen LogP contribution in [0, 0.1) is 0 Å². The summed E-state index contributed by atoms with van der Waals surface area (Å²) in [5, 5.41) is 10.9. The van der Waals surface area contributed by atoms with Gasteiger partial charge in [0.25, 0.3) is 17.8 Å². The number of nitrogens with one attached hydrogen (secondary N) is 2. The molecule has 2 heterocycles. The van der Waals surface area contributed by atoms with Crippen molar-refractivity contribution in [2.24, 2.45) is 0 Å². The van der Waals surface area contributed by atoms with Gasteiger partial charge in [-0.3, -0.25) is 25.2 Å². The first kappa shape index (κ1) is 20.1. The predicted octanol–water partition coefficient (Wildman–Crippen LogP) is 4.32. The molecular weight excluding hydrogens is 416 g/mol. The van der Waals surface area contributed by atoms with Crippen LogP contribution in [0.1, 0.15) is 20.7 Å². The molecule has 0 radical (unpaired) electrons. The van der Waals surface area contributed by atoms with E-state index in [2.05, 4.69) is 25.7 Å². The third-order valence-electron chi connectivity index (χ3n) is 4.97. The predicted molar refractivity (Wildman–Crippen MR) is 125 cm³/mol. The van der Waals surface area contributed by atoms with Gasteiger partial charge >= 0.3 is 0 Å². The van der Waals surface area contributed by atoms with Gasteiger partial charge in [0, 0.05) is 22.7 Å². The highest BCUT2D eigenvalue weighted by Crippen LogP contribution is 2.24. The van der Waals surface area contributed by atoms with E-state index in [1.165, 1.54) is 4.68 Å². The molecule has 2 aromatic heterocycles. The van der Waals surface area contributed by atoms with Crippen LogP contribution in [-0.2, 0) is 0 Å². The van der Waals surface area contributed by atoms with Crippen molar-refractivity contribution < 1.29 is 9.59 Å². The van der Waals surface area contributed by atoms with E-state index in [0.717, 1.165) is 5.39 Å². The molecule has 33 heavy (non-hydrogen) atoms. The van der Waals surface area contributed by atoms with Gasteiger partial charge in [-0.15, -0.1) is 5.10 Å². The van der Waals surface area contributed by atoms with Crippen molar-refractivity contribution in [3.05, 3.63) is 108 Å². The molecule has 5 rings (SSSR count). The van der Waals surface area contributed by atoms with E-state index in [-0.39, 0.29) is 23.7 Å². The van der Waals surface area contributed by atoms with Gasteiger partial charge in [0.15, 0.2) is 0 Å². The Morgan fingerprint density at radius 1 is 0.697 bits per heavy atom. The van der Waals surface area contributed by atoms with Gasteiger partial charge in [-0.1, -0.05) is 54.6 Å². The van der Waals surface area contributed by atoms with E-state index in [9.17, 15) is 9.59 Å². The molecule has 0 saturated heterocycles. The molecule has 0 saturated carbocycles. The van der Waals surface area contributed by atoms with Gasteiger partial charge in [0.05, 0.1) is 11.2 Å². The largest absolute Gasteiger partial charge is 0.290 e.